The first-order chi connectivity index (χ1) is 14.3. The van der Waals surface area contributed by atoms with Crippen molar-refractivity contribution in [1.29, 1.82) is 0 Å². The molecule has 0 bridgehead atoms. The predicted molar refractivity (Wildman–Crippen MR) is 111 cm³/mol. The summed E-state index contributed by atoms with van der Waals surface area (Å²) < 4.78 is 1.75. The molecule has 0 unspecified atom stereocenters. The number of hydrogen-bond acceptors (Lipinski definition) is 6. The van der Waals surface area contributed by atoms with Gasteiger partial charge in [-0.25, -0.2) is 14.5 Å². The van der Waals surface area contributed by atoms with E-state index in [1.165, 1.54) is 0 Å². The molecule has 1 saturated heterocycles. The molecule has 0 atom stereocenters. The lowest BCUT2D eigenvalue weighted by Gasteiger charge is -2.23. The van der Waals surface area contributed by atoms with Crippen molar-refractivity contribution < 1.29 is 0 Å². The van der Waals surface area contributed by atoms with Gasteiger partial charge < -0.3 is 15.6 Å². The number of aromatic nitrogens is 6. The van der Waals surface area contributed by atoms with Gasteiger partial charge in [-0.2, -0.15) is 5.10 Å². The zero-order valence-corrected chi connectivity index (χ0v) is 16.4. The highest BCUT2D eigenvalue weighted by Gasteiger charge is 2.18. The summed E-state index contributed by atoms with van der Waals surface area (Å²) in [4.78, 5) is 17.5. The summed E-state index contributed by atoms with van der Waals surface area (Å²) in [5, 5.41) is 11.2. The van der Waals surface area contributed by atoms with Crippen molar-refractivity contribution in [3.63, 3.8) is 0 Å². The fourth-order valence-corrected chi connectivity index (χ4v) is 3.81. The van der Waals surface area contributed by atoms with E-state index in [2.05, 4.69) is 25.7 Å². The standard InChI is InChI=1S/C21H24N8/c1-14-3-2-4-17(26-14)21-20(15-7-10-29-19(11-15)24-13-25-29)27-18(28-21)12-23-16-5-8-22-9-6-16/h2-4,7,10-11,13,16,22-23H,5-6,8-9,12H2,1H3,(H,27,28). The summed E-state index contributed by atoms with van der Waals surface area (Å²) in [6.07, 6.45) is 5.75. The Morgan fingerprint density at radius 2 is 2.07 bits per heavy atom. The first-order valence-electron chi connectivity index (χ1n) is 10.0. The lowest BCUT2D eigenvalue weighted by molar-refractivity contribution is 0.383. The molecule has 8 nitrogen and oxygen atoms in total. The molecule has 0 amide bonds. The molecular weight excluding hydrogens is 364 g/mol. The zero-order chi connectivity index (χ0) is 19.6. The van der Waals surface area contributed by atoms with Crippen LogP contribution in [0.25, 0.3) is 28.3 Å². The van der Waals surface area contributed by atoms with E-state index in [0.29, 0.717) is 12.6 Å². The molecule has 0 aliphatic carbocycles. The molecule has 8 heteroatoms. The molecule has 5 rings (SSSR count). The van der Waals surface area contributed by atoms with Crippen molar-refractivity contribution in [2.45, 2.75) is 32.4 Å². The summed E-state index contributed by atoms with van der Waals surface area (Å²) >= 11 is 0. The van der Waals surface area contributed by atoms with E-state index >= 15 is 0 Å². The third-order valence-electron chi connectivity index (χ3n) is 5.35. The van der Waals surface area contributed by atoms with Crippen LogP contribution in [0.2, 0.25) is 0 Å². The number of rotatable bonds is 5. The Hall–Kier alpha value is -3.10. The van der Waals surface area contributed by atoms with Crippen LogP contribution in [0.5, 0.6) is 0 Å². The molecule has 0 spiro atoms. The maximum atomic E-state index is 4.93. The molecule has 4 aromatic heterocycles. The van der Waals surface area contributed by atoms with Crippen LogP contribution >= 0.6 is 0 Å². The molecule has 0 aromatic carbocycles. The Morgan fingerprint density at radius 3 is 2.93 bits per heavy atom. The molecule has 4 aromatic rings. The summed E-state index contributed by atoms with van der Waals surface area (Å²) in [6.45, 7) is 4.84. The second-order valence-electron chi connectivity index (χ2n) is 7.45. The SMILES string of the molecule is Cc1cccc(-c2[nH]c(CNC3CCNCC3)nc2-c2ccn3ncnc3c2)n1. The Bertz CT molecular complexity index is 1120. The van der Waals surface area contributed by atoms with Crippen LogP contribution < -0.4 is 10.6 Å². The minimum atomic E-state index is 0.526. The average Bonchev–Trinajstić information content (AvgIpc) is 3.39. The van der Waals surface area contributed by atoms with Crippen LogP contribution in [0.15, 0.2) is 42.9 Å². The third kappa shape index (κ3) is 3.76. The van der Waals surface area contributed by atoms with E-state index in [0.717, 1.165) is 65.7 Å². The van der Waals surface area contributed by atoms with Gasteiger partial charge in [0.05, 0.1) is 23.6 Å². The van der Waals surface area contributed by atoms with Crippen LogP contribution in [0, 0.1) is 6.92 Å². The number of aryl methyl sites for hydroxylation is 1. The van der Waals surface area contributed by atoms with Gasteiger partial charge >= 0.3 is 0 Å². The molecular formula is C21H24N8. The van der Waals surface area contributed by atoms with E-state index in [9.17, 15) is 0 Å². The molecule has 0 radical (unpaired) electrons. The van der Waals surface area contributed by atoms with Crippen molar-refractivity contribution in [2.75, 3.05) is 13.1 Å². The van der Waals surface area contributed by atoms with Crippen LogP contribution in [0.3, 0.4) is 0 Å². The van der Waals surface area contributed by atoms with Crippen molar-refractivity contribution in [1.82, 2.24) is 40.2 Å². The van der Waals surface area contributed by atoms with Crippen molar-refractivity contribution in [3.05, 3.63) is 54.4 Å². The van der Waals surface area contributed by atoms with Gasteiger partial charge in [0.1, 0.15) is 12.2 Å². The average molecular weight is 388 g/mol. The second kappa shape index (κ2) is 7.73. The summed E-state index contributed by atoms with van der Waals surface area (Å²) in [5.74, 6) is 0.915. The minimum Gasteiger partial charge on any atom is -0.339 e. The van der Waals surface area contributed by atoms with Crippen LogP contribution in [0.4, 0.5) is 0 Å². The van der Waals surface area contributed by atoms with Crippen molar-refractivity contribution in [3.8, 4) is 22.6 Å². The fourth-order valence-electron chi connectivity index (χ4n) is 3.81. The minimum absolute atomic E-state index is 0.526. The van der Waals surface area contributed by atoms with Gasteiger partial charge in [-0.1, -0.05) is 6.07 Å². The highest BCUT2D eigenvalue weighted by Crippen LogP contribution is 2.29. The quantitative estimate of drug-likeness (QED) is 0.486. The predicted octanol–water partition coefficient (Wildman–Crippen LogP) is 2.33. The molecule has 3 N–H and O–H groups in total. The first kappa shape index (κ1) is 18.0. The number of aromatic amines is 1. The van der Waals surface area contributed by atoms with Gasteiger partial charge in [-0.3, -0.25) is 4.98 Å². The molecule has 1 fully saturated rings. The number of nitrogens with one attached hydrogen (secondary N) is 3. The zero-order valence-electron chi connectivity index (χ0n) is 16.4. The van der Waals surface area contributed by atoms with Gasteiger partial charge in [-0.05, 0) is 57.1 Å². The van der Waals surface area contributed by atoms with Gasteiger partial charge in [0.2, 0.25) is 0 Å². The monoisotopic (exact) mass is 388 g/mol. The maximum Gasteiger partial charge on any atom is 0.155 e. The van der Waals surface area contributed by atoms with E-state index in [1.54, 1.807) is 10.8 Å². The Balaban J connectivity index is 1.51. The highest BCUT2D eigenvalue weighted by molar-refractivity contribution is 5.78. The normalized spacial score (nSPS) is 15.2. The van der Waals surface area contributed by atoms with E-state index in [1.807, 2.05) is 43.5 Å². The number of piperidine rings is 1. The smallest absolute Gasteiger partial charge is 0.155 e. The van der Waals surface area contributed by atoms with Crippen molar-refractivity contribution >= 4 is 5.65 Å². The van der Waals surface area contributed by atoms with Crippen LogP contribution in [-0.4, -0.2) is 48.7 Å². The molecule has 29 heavy (non-hydrogen) atoms. The number of hydrogen-bond donors (Lipinski definition) is 3. The topological polar surface area (TPSA) is 95.8 Å². The molecule has 1 aliphatic heterocycles. The largest absolute Gasteiger partial charge is 0.339 e. The lowest BCUT2D eigenvalue weighted by Crippen LogP contribution is -2.39. The number of imidazole rings is 1. The third-order valence-corrected chi connectivity index (χ3v) is 5.35. The van der Waals surface area contributed by atoms with E-state index in [-0.39, 0.29) is 0 Å². The summed E-state index contributed by atoms with van der Waals surface area (Å²) in [6, 6.07) is 10.6. The van der Waals surface area contributed by atoms with Gasteiger partial charge in [0, 0.05) is 23.5 Å². The van der Waals surface area contributed by atoms with E-state index < -0.39 is 0 Å². The summed E-state index contributed by atoms with van der Waals surface area (Å²) in [7, 11) is 0. The Morgan fingerprint density at radius 1 is 1.17 bits per heavy atom. The lowest BCUT2D eigenvalue weighted by atomic mass is 10.1. The molecule has 0 saturated carbocycles. The highest BCUT2D eigenvalue weighted by atomic mass is 15.3. The molecule has 148 valence electrons. The number of H-pyrrole nitrogens is 1. The number of nitrogens with zero attached hydrogens (tertiary/aromatic N) is 5. The van der Waals surface area contributed by atoms with Crippen molar-refractivity contribution in [2.24, 2.45) is 0 Å². The van der Waals surface area contributed by atoms with Gasteiger partial charge in [-0.15, -0.1) is 0 Å². The second-order valence-corrected chi connectivity index (χ2v) is 7.45. The molecule has 1 aliphatic rings. The first-order valence-corrected chi connectivity index (χ1v) is 10.0. The Labute approximate surface area is 168 Å². The van der Waals surface area contributed by atoms with E-state index in [4.69, 9.17) is 9.97 Å². The van der Waals surface area contributed by atoms with Crippen LogP contribution in [0.1, 0.15) is 24.4 Å². The van der Waals surface area contributed by atoms with Gasteiger partial charge in [0.25, 0.3) is 0 Å². The molecule has 5 heterocycles. The van der Waals surface area contributed by atoms with Crippen LogP contribution in [-0.2, 0) is 6.54 Å². The maximum absolute atomic E-state index is 4.93. The fraction of sp³-hybridized carbons (Fsp3) is 0.333. The Kier molecular flexibility index (Phi) is 4.79. The van der Waals surface area contributed by atoms with Gasteiger partial charge in [0.15, 0.2) is 5.65 Å². The summed E-state index contributed by atoms with van der Waals surface area (Å²) in [5.41, 5.74) is 5.47. The number of pyridine rings is 2. The number of fused-ring (bicyclic) bond motifs is 1.